The van der Waals surface area contributed by atoms with Crippen LogP contribution in [0.3, 0.4) is 0 Å². The molecule has 2 aromatic rings. The molecule has 1 heterocycles. The topological polar surface area (TPSA) is 24.5 Å². The fraction of sp³-hybridized carbons (Fsp3) is 0.368. The summed E-state index contributed by atoms with van der Waals surface area (Å²) < 4.78 is 94.4. The molecule has 3 nitrogen and oxygen atoms in total. The Labute approximate surface area is 186 Å². The van der Waals surface area contributed by atoms with E-state index < -0.39 is 35.7 Å². The maximum absolute atomic E-state index is 14.0. The van der Waals surface area contributed by atoms with Crippen LogP contribution in [0.2, 0.25) is 0 Å². The van der Waals surface area contributed by atoms with Crippen molar-refractivity contribution in [2.45, 2.75) is 18.6 Å². The molecule has 0 spiro atoms. The number of piperazine rings is 1. The predicted octanol–water partition coefficient (Wildman–Crippen LogP) is 5.58. The Hall–Kier alpha value is -1.75. The van der Waals surface area contributed by atoms with Gasteiger partial charge in [0.1, 0.15) is 11.6 Å². The van der Waals surface area contributed by atoms with Crippen LogP contribution in [-0.4, -0.2) is 37.4 Å². The van der Waals surface area contributed by atoms with E-state index >= 15 is 0 Å². The molecule has 1 fully saturated rings. The zero-order valence-electron chi connectivity index (χ0n) is 15.8. The molecule has 1 aliphatic heterocycles. The summed E-state index contributed by atoms with van der Waals surface area (Å²) in [4.78, 5) is 1.85. The van der Waals surface area contributed by atoms with Gasteiger partial charge in [-0.15, -0.1) is 38.0 Å². The van der Waals surface area contributed by atoms with Gasteiger partial charge < -0.3 is 10.1 Å². The Balaban J connectivity index is 0.00000240. The number of ether oxygens (including phenoxy) is 1. The fourth-order valence-corrected chi connectivity index (χ4v) is 3.34. The largest absolute Gasteiger partial charge is 0.573 e. The summed E-state index contributed by atoms with van der Waals surface area (Å²) in [5.41, 5.74) is -0.617. The molecule has 2 aromatic carbocycles. The summed E-state index contributed by atoms with van der Waals surface area (Å²) in [7, 11) is 0. The van der Waals surface area contributed by atoms with Crippen molar-refractivity contribution in [2.75, 3.05) is 26.2 Å². The van der Waals surface area contributed by atoms with Crippen molar-refractivity contribution >= 4 is 24.8 Å². The Morgan fingerprint density at radius 3 is 1.94 bits per heavy atom. The SMILES string of the molecule is Cl.Cl.Fc1cc([C@@H](c2ccc(OC(F)(F)F)cc2)N2CCNCC2)cc(C(F)(F)F)c1. The van der Waals surface area contributed by atoms with Crippen molar-refractivity contribution in [3.8, 4) is 5.75 Å². The molecule has 0 aromatic heterocycles. The number of nitrogens with one attached hydrogen (secondary N) is 1. The van der Waals surface area contributed by atoms with Crippen molar-refractivity contribution in [1.29, 1.82) is 0 Å². The van der Waals surface area contributed by atoms with E-state index in [-0.39, 0.29) is 30.4 Å². The van der Waals surface area contributed by atoms with Crippen LogP contribution in [0.15, 0.2) is 42.5 Å². The second-order valence-corrected chi connectivity index (χ2v) is 6.58. The van der Waals surface area contributed by atoms with Gasteiger partial charge in [0.15, 0.2) is 0 Å². The van der Waals surface area contributed by atoms with Gasteiger partial charge >= 0.3 is 12.5 Å². The van der Waals surface area contributed by atoms with Gasteiger partial charge in [0.2, 0.25) is 0 Å². The van der Waals surface area contributed by atoms with Gasteiger partial charge in [-0.3, -0.25) is 4.90 Å². The molecule has 12 heteroatoms. The number of rotatable bonds is 4. The van der Waals surface area contributed by atoms with Gasteiger partial charge in [-0.05, 0) is 41.5 Å². The molecule has 1 atom stereocenters. The monoisotopic (exact) mass is 494 g/mol. The van der Waals surface area contributed by atoms with E-state index in [1.165, 1.54) is 12.1 Å². The zero-order chi connectivity index (χ0) is 21.2. The quantitative estimate of drug-likeness (QED) is 0.561. The van der Waals surface area contributed by atoms with Crippen molar-refractivity contribution in [3.05, 3.63) is 65.0 Å². The van der Waals surface area contributed by atoms with Crippen LogP contribution in [0, 0.1) is 5.82 Å². The number of alkyl halides is 6. The maximum atomic E-state index is 14.0. The summed E-state index contributed by atoms with van der Waals surface area (Å²) in [6.45, 7) is 2.10. The van der Waals surface area contributed by atoms with Crippen LogP contribution in [0.4, 0.5) is 30.7 Å². The third kappa shape index (κ3) is 7.41. The van der Waals surface area contributed by atoms with E-state index in [0.29, 0.717) is 37.8 Å². The molecule has 1 aliphatic rings. The molecule has 174 valence electrons. The molecular weight excluding hydrogens is 476 g/mol. The van der Waals surface area contributed by atoms with Crippen molar-refractivity contribution in [2.24, 2.45) is 0 Å². The highest BCUT2D eigenvalue weighted by molar-refractivity contribution is 5.85. The average Bonchev–Trinajstić information content (AvgIpc) is 2.62. The van der Waals surface area contributed by atoms with Gasteiger partial charge in [0.25, 0.3) is 0 Å². The van der Waals surface area contributed by atoms with E-state index in [0.717, 1.165) is 24.3 Å². The first kappa shape index (κ1) is 27.3. The lowest BCUT2D eigenvalue weighted by atomic mass is 9.94. The van der Waals surface area contributed by atoms with Crippen LogP contribution in [0.1, 0.15) is 22.7 Å². The standard InChI is InChI=1S/C19H17F7N2O.2ClH/c20-15-10-13(9-14(11-15)18(21,22)23)17(28-7-5-27-6-8-28)12-1-3-16(4-2-12)29-19(24,25)26;;/h1-4,9-11,17,27H,5-8H2;2*1H/t17-;;/m1../s1. The molecule has 0 saturated carbocycles. The van der Waals surface area contributed by atoms with E-state index in [4.69, 9.17) is 0 Å². The summed E-state index contributed by atoms with van der Waals surface area (Å²) in [6, 6.07) is 6.40. The molecule has 0 aliphatic carbocycles. The molecule has 0 bridgehead atoms. The minimum absolute atomic E-state index is 0. The first-order valence-electron chi connectivity index (χ1n) is 8.71. The highest BCUT2D eigenvalue weighted by Crippen LogP contribution is 2.36. The molecule has 1 N–H and O–H groups in total. The normalized spacial score (nSPS) is 16.1. The van der Waals surface area contributed by atoms with Crippen LogP contribution in [0.5, 0.6) is 5.75 Å². The van der Waals surface area contributed by atoms with Crippen molar-refractivity contribution in [1.82, 2.24) is 10.2 Å². The van der Waals surface area contributed by atoms with Crippen LogP contribution >= 0.6 is 24.8 Å². The second kappa shape index (κ2) is 10.7. The highest BCUT2D eigenvalue weighted by Gasteiger charge is 2.34. The van der Waals surface area contributed by atoms with Crippen molar-refractivity contribution in [3.63, 3.8) is 0 Å². The number of benzene rings is 2. The molecule has 3 rings (SSSR count). The smallest absolute Gasteiger partial charge is 0.406 e. The molecule has 31 heavy (non-hydrogen) atoms. The van der Waals surface area contributed by atoms with E-state index in [2.05, 4.69) is 10.1 Å². The lowest BCUT2D eigenvalue weighted by Gasteiger charge is -2.36. The Bertz CT molecular complexity index is 839. The number of hydrogen-bond donors (Lipinski definition) is 1. The van der Waals surface area contributed by atoms with Gasteiger partial charge in [-0.1, -0.05) is 12.1 Å². The molecule has 0 amide bonds. The Kier molecular flexibility index (Phi) is 9.43. The predicted molar refractivity (Wildman–Crippen MR) is 105 cm³/mol. The number of hydrogen-bond acceptors (Lipinski definition) is 3. The third-order valence-corrected chi connectivity index (χ3v) is 4.51. The van der Waals surface area contributed by atoms with Gasteiger partial charge in [-0.2, -0.15) is 13.2 Å². The van der Waals surface area contributed by atoms with Crippen LogP contribution in [0.25, 0.3) is 0 Å². The third-order valence-electron chi connectivity index (χ3n) is 4.51. The number of halogens is 9. The average molecular weight is 495 g/mol. The second-order valence-electron chi connectivity index (χ2n) is 6.58. The molecule has 0 radical (unpaired) electrons. The van der Waals surface area contributed by atoms with Crippen molar-refractivity contribution < 1.29 is 35.5 Å². The van der Waals surface area contributed by atoms with Gasteiger partial charge in [0, 0.05) is 26.2 Å². The summed E-state index contributed by atoms with van der Waals surface area (Å²) >= 11 is 0. The lowest BCUT2D eigenvalue weighted by molar-refractivity contribution is -0.274. The van der Waals surface area contributed by atoms with E-state index in [1.807, 2.05) is 4.90 Å². The Morgan fingerprint density at radius 1 is 0.839 bits per heavy atom. The first-order chi connectivity index (χ1) is 13.5. The summed E-state index contributed by atoms with van der Waals surface area (Å²) in [5.74, 6) is -1.48. The zero-order valence-corrected chi connectivity index (χ0v) is 17.4. The molecule has 0 unspecified atom stereocenters. The molecule has 1 saturated heterocycles. The van der Waals surface area contributed by atoms with Crippen LogP contribution in [-0.2, 0) is 6.18 Å². The highest BCUT2D eigenvalue weighted by atomic mass is 35.5. The lowest BCUT2D eigenvalue weighted by Crippen LogP contribution is -2.45. The van der Waals surface area contributed by atoms with Crippen LogP contribution < -0.4 is 10.1 Å². The Morgan fingerprint density at radius 2 is 1.42 bits per heavy atom. The molecular formula is C19H19Cl2F7N2O. The number of nitrogens with zero attached hydrogens (tertiary/aromatic N) is 1. The van der Waals surface area contributed by atoms with E-state index in [9.17, 15) is 30.7 Å². The van der Waals surface area contributed by atoms with Gasteiger partial charge in [0.05, 0.1) is 11.6 Å². The summed E-state index contributed by atoms with van der Waals surface area (Å²) in [6.07, 6.45) is -9.58. The summed E-state index contributed by atoms with van der Waals surface area (Å²) in [5, 5.41) is 3.11. The minimum atomic E-state index is -4.86. The maximum Gasteiger partial charge on any atom is 0.573 e. The van der Waals surface area contributed by atoms with E-state index in [1.54, 1.807) is 0 Å². The first-order valence-corrected chi connectivity index (χ1v) is 8.71. The fourth-order valence-electron chi connectivity index (χ4n) is 3.34. The minimum Gasteiger partial charge on any atom is -0.406 e. The van der Waals surface area contributed by atoms with Gasteiger partial charge in [-0.25, -0.2) is 4.39 Å².